The largest absolute Gasteiger partial charge is 0.361 e. The van der Waals surface area contributed by atoms with Crippen molar-refractivity contribution < 1.29 is 4.79 Å². The van der Waals surface area contributed by atoms with E-state index in [4.69, 9.17) is 0 Å². The SMILES string of the molecule is CN(C)CCCn1cc(C2=C(c3c[nH]c4ccccc34)C(=O)NC2)c2ccccc21. The number of nitrogens with one attached hydrogen (secondary N) is 2. The number of rotatable bonds is 6. The van der Waals surface area contributed by atoms with E-state index in [0.717, 1.165) is 52.7 Å². The van der Waals surface area contributed by atoms with Gasteiger partial charge in [-0.2, -0.15) is 0 Å². The van der Waals surface area contributed by atoms with Crippen molar-refractivity contribution in [1.29, 1.82) is 0 Å². The van der Waals surface area contributed by atoms with Gasteiger partial charge in [0.1, 0.15) is 0 Å². The highest BCUT2D eigenvalue weighted by molar-refractivity contribution is 6.33. The molecule has 2 N–H and O–H groups in total. The predicted octanol–water partition coefficient (Wildman–Crippen LogP) is 4.11. The Morgan fingerprint density at radius 3 is 2.60 bits per heavy atom. The second-order valence-corrected chi connectivity index (χ2v) is 8.19. The van der Waals surface area contributed by atoms with Crippen LogP contribution in [0.2, 0.25) is 0 Å². The molecule has 5 rings (SSSR count). The highest BCUT2D eigenvalue weighted by Gasteiger charge is 2.28. The van der Waals surface area contributed by atoms with E-state index in [1.807, 2.05) is 24.4 Å². The van der Waals surface area contributed by atoms with Gasteiger partial charge in [0.25, 0.3) is 5.91 Å². The highest BCUT2D eigenvalue weighted by Crippen LogP contribution is 2.37. The molecule has 0 aliphatic carbocycles. The third kappa shape index (κ3) is 3.12. The molecular weight excluding hydrogens is 372 g/mol. The van der Waals surface area contributed by atoms with E-state index in [9.17, 15) is 4.79 Å². The Labute approximate surface area is 176 Å². The number of aromatic amines is 1. The zero-order valence-corrected chi connectivity index (χ0v) is 17.4. The van der Waals surface area contributed by atoms with Gasteiger partial charge >= 0.3 is 0 Å². The van der Waals surface area contributed by atoms with Crippen molar-refractivity contribution in [2.24, 2.45) is 0 Å². The van der Waals surface area contributed by atoms with Crippen molar-refractivity contribution in [3.8, 4) is 0 Å². The van der Waals surface area contributed by atoms with Gasteiger partial charge in [0, 0.05) is 58.4 Å². The number of hydrogen-bond donors (Lipinski definition) is 2. The van der Waals surface area contributed by atoms with E-state index in [1.54, 1.807) is 0 Å². The summed E-state index contributed by atoms with van der Waals surface area (Å²) in [5, 5.41) is 5.34. The summed E-state index contributed by atoms with van der Waals surface area (Å²) in [6.45, 7) is 2.56. The average molecular weight is 399 g/mol. The summed E-state index contributed by atoms with van der Waals surface area (Å²) in [7, 11) is 4.21. The van der Waals surface area contributed by atoms with Gasteiger partial charge in [0.2, 0.25) is 0 Å². The maximum absolute atomic E-state index is 12.9. The van der Waals surface area contributed by atoms with Crippen LogP contribution in [0.1, 0.15) is 17.5 Å². The van der Waals surface area contributed by atoms with E-state index in [0.29, 0.717) is 6.54 Å². The summed E-state index contributed by atoms with van der Waals surface area (Å²) < 4.78 is 2.33. The Morgan fingerprint density at radius 1 is 1.00 bits per heavy atom. The molecule has 2 aromatic heterocycles. The number of amides is 1. The van der Waals surface area contributed by atoms with Crippen LogP contribution in [0.3, 0.4) is 0 Å². The first-order valence-corrected chi connectivity index (χ1v) is 10.4. The summed E-state index contributed by atoms with van der Waals surface area (Å²) >= 11 is 0. The van der Waals surface area contributed by atoms with E-state index < -0.39 is 0 Å². The fourth-order valence-electron chi connectivity index (χ4n) is 4.51. The molecule has 5 nitrogen and oxygen atoms in total. The van der Waals surface area contributed by atoms with E-state index in [1.165, 1.54) is 10.9 Å². The van der Waals surface area contributed by atoms with Crippen LogP contribution in [0.5, 0.6) is 0 Å². The van der Waals surface area contributed by atoms with Gasteiger partial charge in [-0.3, -0.25) is 4.79 Å². The molecule has 0 fully saturated rings. The molecule has 0 unspecified atom stereocenters. The lowest BCUT2D eigenvalue weighted by Crippen LogP contribution is -2.16. The molecular formula is C25H26N4O. The molecule has 1 amide bonds. The number of para-hydroxylation sites is 2. The van der Waals surface area contributed by atoms with Gasteiger partial charge in [-0.25, -0.2) is 0 Å². The molecule has 30 heavy (non-hydrogen) atoms. The number of carbonyl (C=O) groups excluding carboxylic acids is 1. The Balaban J connectivity index is 1.66. The third-order valence-electron chi connectivity index (χ3n) is 5.93. The molecule has 0 bridgehead atoms. The molecule has 0 atom stereocenters. The van der Waals surface area contributed by atoms with Crippen LogP contribution in [0.25, 0.3) is 33.0 Å². The van der Waals surface area contributed by atoms with Gasteiger partial charge in [-0.1, -0.05) is 36.4 Å². The number of aryl methyl sites for hydroxylation is 1. The van der Waals surface area contributed by atoms with Crippen molar-refractivity contribution in [1.82, 2.24) is 19.8 Å². The first-order valence-electron chi connectivity index (χ1n) is 10.4. The zero-order chi connectivity index (χ0) is 20.7. The van der Waals surface area contributed by atoms with Gasteiger partial charge in [0.15, 0.2) is 0 Å². The minimum Gasteiger partial charge on any atom is -0.361 e. The fourth-order valence-corrected chi connectivity index (χ4v) is 4.51. The monoisotopic (exact) mass is 398 g/mol. The average Bonchev–Trinajstić information content (AvgIpc) is 3.43. The minimum absolute atomic E-state index is 0.000748. The minimum atomic E-state index is -0.000748. The van der Waals surface area contributed by atoms with E-state index in [-0.39, 0.29) is 5.91 Å². The Hall–Kier alpha value is -3.31. The molecule has 3 heterocycles. The van der Waals surface area contributed by atoms with Crippen LogP contribution in [0.15, 0.2) is 60.9 Å². The van der Waals surface area contributed by atoms with Crippen molar-refractivity contribution >= 4 is 38.9 Å². The van der Waals surface area contributed by atoms with Crippen molar-refractivity contribution in [3.63, 3.8) is 0 Å². The summed E-state index contributed by atoms with van der Waals surface area (Å²) in [4.78, 5) is 18.4. The smallest absolute Gasteiger partial charge is 0.252 e. The molecule has 0 saturated heterocycles. The quantitative estimate of drug-likeness (QED) is 0.513. The summed E-state index contributed by atoms with van der Waals surface area (Å²) in [5.41, 5.74) is 6.24. The van der Waals surface area contributed by atoms with Crippen molar-refractivity contribution in [2.75, 3.05) is 27.2 Å². The highest BCUT2D eigenvalue weighted by atomic mass is 16.1. The number of nitrogens with zero attached hydrogens (tertiary/aromatic N) is 2. The number of benzene rings is 2. The molecule has 2 aromatic carbocycles. The number of aromatic nitrogens is 2. The van der Waals surface area contributed by atoms with Crippen LogP contribution < -0.4 is 5.32 Å². The lowest BCUT2D eigenvalue weighted by Gasteiger charge is -2.10. The van der Waals surface area contributed by atoms with Crippen LogP contribution >= 0.6 is 0 Å². The van der Waals surface area contributed by atoms with Gasteiger partial charge in [0.05, 0.1) is 5.57 Å². The molecule has 0 radical (unpaired) electrons. The predicted molar refractivity (Wildman–Crippen MR) is 123 cm³/mol. The Bertz CT molecular complexity index is 1270. The third-order valence-corrected chi connectivity index (χ3v) is 5.93. The maximum Gasteiger partial charge on any atom is 0.252 e. The van der Waals surface area contributed by atoms with Gasteiger partial charge in [-0.05, 0) is 44.8 Å². The van der Waals surface area contributed by atoms with Crippen LogP contribution in [0.4, 0.5) is 0 Å². The normalized spacial score (nSPS) is 14.4. The fraction of sp³-hybridized carbons (Fsp3) is 0.240. The molecule has 1 aliphatic heterocycles. The molecule has 4 aromatic rings. The second-order valence-electron chi connectivity index (χ2n) is 8.19. The molecule has 0 saturated carbocycles. The number of H-pyrrole nitrogens is 1. The van der Waals surface area contributed by atoms with Gasteiger partial charge in [-0.15, -0.1) is 0 Å². The molecule has 5 heteroatoms. The van der Waals surface area contributed by atoms with E-state index in [2.05, 4.69) is 70.4 Å². The van der Waals surface area contributed by atoms with Crippen LogP contribution in [-0.2, 0) is 11.3 Å². The van der Waals surface area contributed by atoms with Crippen molar-refractivity contribution in [3.05, 3.63) is 72.1 Å². The van der Waals surface area contributed by atoms with Gasteiger partial charge < -0.3 is 19.8 Å². The summed E-state index contributed by atoms with van der Waals surface area (Å²) in [6.07, 6.45) is 5.27. The second kappa shape index (κ2) is 7.50. The number of carbonyl (C=O) groups is 1. The number of hydrogen-bond acceptors (Lipinski definition) is 2. The molecule has 152 valence electrons. The molecule has 1 aliphatic rings. The first-order chi connectivity index (χ1) is 14.6. The standard InChI is InChI=1S/C25H26N4O/c1-28(2)12-7-13-29-16-21(18-9-4-6-11-23(18)29)20-15-27-25(30)24(20)19-14-26-22-10-5-3-8-17(19)22/h3-6,8-11,14,16,26H,7,12-13,15H2,1-2H3,(H,27,30). The van der Waals surface area contributed by atoms with Crippen LogP contribution in [-0.4, -0.2) is 47.5 Å². The topological polar surface area (TPSA) is 53.1 Å². The summed E-state index contributed by atoms with van der Waals surface area (Å²) in [6, 6.07) is 16.6. The van der Waals surface area contributed by atoms with E-state index >= 15 is 0 Å². The number of fused-ring (bicyclic) bond motifs is 2. The summed E-state index contributed by atoms with van der Waals surface area (Å²) in [5.74, 6) is -0.000748. The lowest BCUT2D eigenvalue weighted by atomic mass is 9.96. The lowest BCUT2D eigenvalue weighted by molar-refractivity contribution is -0.114. The Morgan fingerprint density at radius 2 is 1.77 bits per heavy atom. The zero-order valence-electron chi connectivity index (χ0n) is 17.4. The molecule has 0 spiro atoms. The van der Waals surface area contributed by atoms with Crippen LogP contribution in [0, 0.1) is 0 Å². The first kappa shape index (κ1) is 18.7. The van der Waals surface area contributed by atoms with Crippen molar-refractivity contribution in [2.45, 2.75) is 13.0 Å². The maximum atomic E-state index is 12.9. The Kier molecular flexibility index (Phi) is 4.68.